The van der Waals surface area contributed by atoms with Gasteiger partial charge in [0.1, 0.15) is 18.0 Å². The van der Waals surface area contributed by atoms with Gasteiger partial charge in [0.05, 0.1) is 5.69 Å². The van der Waals surface area contributed by atoms with E-state index in [-0.39, 0.29) is 5.91 Å². The van der Waals surface area contributed by atoms with Crippen molar-refractivity contribution in [1.82, 2.24) is 9.38 Å². The van der Waals surface area contributed by atoms with E-state index in [4.69, 9.17) is 10.5 Å². The van der Waals surface area contributed by atoms with Gasteiger partial charge in [0.15, 0.2) is 0 Å². The Morgan fingerprint density at radius 1 is 1.03 bits per heavy atom. The van der Waals surface area contributed by atoms with Crippen LogP contribution in [0.15, 0.2) is 73.1 Å². The molecule has 0 bridgehead atoms. The van der Waals surface area contributed by atoms with Crippen LogP contribution in [0.4, 0.5) is 16.2 Å². The lowest BCUT2D eigenvalue weighted by Gasteiger charge is -2.09. The monoisotopic (exact) mass is 415 g/mol. The first-order valence-corrected chi connectivity index (χ1v) is 9.62. The topological polar surface area (TPSA) is 111 Å². The minimum Gasteiger partial charge on any atom is -0.487 e. The quantitative estimate of drug-likeness (QED) is 0.442. The van der Waals surface area contributed by atoms with E-state index in [1.807, 2.05) is 35.9 Å². The molecule has 2 aromatic heterocycles. The van der Waals surface area contributed by atoms with E-state index in [2.05, 4.69) is 15.6 Å². The zero-order valence-electron chi connectivity index (χ0n) is 16.8. The fraction of sp³-hybridized carbons (Fsp3) is 0.0870. The lowest BCUT2D eigenvalue weighted by atomic mass is 10.2. The van der Waals surface area contributed by atoms with E-state index in [1.54, 1.807) is 48.5 Å². The lowest BCUT2D eigenvalue weighted by Crippen LogP contribution is -2.19. The number of nitrogens with one attached hydrogen (secondary N) is 2. The average Bonchev–Trinajstić information content (AvgIpc) is 3.17. The number of aryl methyl sites for hydroxylation is 1. The molecule has 8 nitrogen and oxygen atoms in total. The molecule has 0 saturated carbocycles. The van der Waals surface area contributed by atoms with Gasteiger partial charge >= 0.3 is 6.03 Å². The average molecular weight is 415 g/mol. The van der Waals surface area contributed by atoms with Crippen LogP contribution in [0, 0.1) is 6.92 Å². The van der Waals surface area contributed by atoms with Crippen LogP contribution in [0.1, 0.15) is 21.6 Å². The summed E-state index contributed by atoms with van der Waals surface area (Å²) in [5, 5.41) is 5.25. The van der Waals surface area contributed by atoms with Gasteiger partial charge in [0.25, 0.3) is 5.91 Å². The number of hydrogen-bond donors (Lipinski definition) is 3. The van der Waals surface area contributed by atoms with Crippen molar-refractivity contribution in [1.29, 1.82) is 0 Å². The second-order valence-corrected chi connectivity index (χ2v) is 6.99. The molecule has 4 rings (SSSR count). The van der Waals surface area contributed by atoms with Gasteiger partial charge in [-0.25, -0.2) is 9.78 Å². The van der Waals surface area contributed by atoms with Crippen LogP contribution in [-0.2, 0) is 6.61 Å². The number of primary amides is 1. The number of fused-ring (bicyclic) bond motifs is 1. The number of pyridine rings is 1. The zero-order valence-corrected chi connectivity index (χ0v) is 16.8. The summed E-state index contributed by atoms with van der Waals surface area (Å²) < 4.78 is 7.78. The lowest BCUT2D eigenvalue weighted by molar-refractivity contribution is 0.102. The molecule has 3 amide bonds. The van der Waals surface area contributed by atoms with Crippen LogP contribution in [0.3, 0.4) is 0 Å². The maximum Gasteiger partial charge on any atom is 0.316 e. The molecule has 4 aromatic rings. The number of amides is 3. The van der Waals surface area contributed by atoms with Gasteiger partial charge in [-0.15, -0.1) is 0 Å². The Balaban J connectivity index is 1.37. The number of nitrogens with two attached hydrogens (primary N) is 1. The smallest absolute Gasteiger partial charge is 0.316 e. The maximum atomic E-state index is 12.5. The van der Waals surface area contributed by atoms with E-state index in [0.29, 0.717) is 29.3 Å². The number of benzene rings is 2. The van der Waals surface area contributed by atoms with Crippen molar-refractivity contribution in [2.24, 2.45) is 5.73 Å². The molecule has 0 saturated heterocycles. The summed E-state index contributed by atoms with van der Waals surface area (Å²) in [7, 11) is 0. The SMILES string of the molecule is Cc1cccn2cc(COc3ccc(C(=O)Nc4cccc(NC(N)=O)c4)cc3)nc12. The first-order chi connectivity index (χ1) is 15.0. The van der Waals surface area contributed by atoms with E-state index in [1.165, 1.54) is 0 Å². The summed E-state index contributed by atoms with van der Waals surface area (Å²) in [4.78, 5) is 28.0. The van der Waals surface area contributed by atoms with Crippen molar-refractivity contribution in [3.05, 3.63) is 89.9 Å². The third-order valence-electron chi connectivity index (χ3n) is 4.62. The second kappa shape index (κ2) is 8.58. The van der Waals surface area contributed by atoms with Crippen LogP contribution in [0.5, 0.6) is 5.75 Å². The Hall–Kier alpha value is -4.33. The number of carbonyl (C=O) groups excluding carboxylic acids is 2. The Morgan fingerprint density at radius 2 is 1.77 bits per heavy atom. The van der Waals surface area contributed by atoms with Crippen molar-refractivity contribution in [3.63, 3.8) is 0 Å². The van der Waals surface area contributed by atoms with Gasteiger partial charge in [-0.3, -0.25) is 4.79 Å². The van der Waals surface area contributed by atoms with Gasteiger partial charge in [-0.05, 0) is 61.0 Å². The second-order valence-electron chi connectivity index (χ2n) is 6.99. The predicted molar refractivity (Wildman–Crippen MR) is 118 cm³/mol. The first kappa shape index (κ1) is 20.0. The number of urea groups is 1. The van der Waals surface area contributed by atoms with Crippen LogP contribution >= 0.6 is 0 Å². The Morgan fingerprint density at radius 3 is 2.48 bits per heavy atom. The third kappa shape index (κ3) is 4.81. The molecule has 4 N–H and O–H groups in total. The van der Waals surface area contributed by atoms with Gasteiger partial charge in [-0.2, -0.15) is 0 Å². The summed E-state index contributed by atoms with van der Waals surface area (Å²) in [5.74, 6) is 0.358. The van der Waals surface area contributed by atoms with Crippen molar-refractivity contribution < 1.29 is 14.3 Å². The molecule has 8 heteroatoms. The molecular weight excluding hydrogens is 394 g/mol. The third-order valence-corrected chi connectivity index (χ3v) is 4.62. The van der Waals surface area contributed by atoms with Crippen molar-refractivity contribution in [3.8, 4) is 5.75 Å². The Labute approximate surface area is 178 Å². The molecule has 0 aliphatic rings. The number of aromatic nitrogens is 2. The van der Waals surface area contributed by atoms with Gasteiger partial charge < -0.3 is 25.5 Å². The zero-order chi connectivity index (χ0) is 21.8. The van der Waals surface area contributed by atoms with Gasteiger partial charge in [0, 0.05) is 29.3 Å². The van der Waals surface area contributed by atoms with Crippen LogP contribution in [0.2, 0.25) is 0 Å². The summed E-state index contributed by atoms with van der Waals surface area (Å²) in [5.41, 5.74) is 9.45. The van der Waals surface area contributed by atoms with Crippen LogP contribution < -0.4 is 21.1 Å². The molecule has 0 aliphatic heterocycles. The summed E-state index contributed by atoms with van der Waals surface area (Å²) in [6, 6.07) is 16.9. The molecule has 0 aliphatic carbocycles. The highest BCUT2D eigenvalue weighted by Gasteiger charge is 2.08. The molecule has 0 fully saturated rings. The number of anilines is 2. The van der Waals surface area contributed by atoms with E-state index in [0.717, 1.165) is 16.9 Å². The molecular formula is C23H21N5O3. The summed E-state index contributed by atoms with van der Waals surface area (Å²) in [6.07, 6.45) is 3.89. The van der Waals surface area contributed by atoms with Crippen molar-refractivity contribution in [2.45, 2.75) is 13.5 Å². The number of hydrogen-bond acceptors (Lipinski definition) is 4. The molecule has 0 spiro atoms. The van der Waals surface area contributed by atoms with Crippen LogP contribution in [0.25, 0.3) is 5.65 Å². The van der Waals surface area contributed by atoms with E-state index >= 15 is 0 Å². The van der Waals surface area contributed by atoms with Crippen LogP contribution in [-0.4, -0.2) is 21.3 Å². The van der Waals surface area contributed by atoms with Gasteiger partial charge in [0.2, 0.25) is 0 Å². The fourth-order valence-corrected chi connectivity index (χ4v) is 3.15. The molecule has 31 heavy (non-hydrogen) atoms. The number of rotatable bonds is 6. The van der Waals surface area contributed by atoms with Crippen molar-refractivity contribution >= 4 is 29.0 Å². The molecule has 0 unspecified atom stereocenters. The molecule has 156 valence electrons. The minimum absolute atomic E-state index is 0.279. The Kier molecular flexibility index (Phi) is 5.53. The largest absolute Gasteiger partial charge is 0.487 e. The van der Waals surface area contributed by atoms with Gasteiger partial charge in [-0.1, -0.05) is 12.1 Å². The maximum absolute atomic E-state index is 12.5. The molecule has 0 atom stereocenters. The first-order valence-electron chi connectivity index (χ1n) is 9.62. The predicted octanol–water partition coefficient (Wildman–Crippen LogP) is 3.96. The summed E-state index contributed by atoms with van der Waals surface area (Å²) >= 11 is 0. The highest BCUT2D eigenvalue weighted by molar-refractivity contribution is 6.04. The number of imidazole rings is 1. The highest BCUT2D eigenvalue weighted by Crippen LogP contribution is 2.18. The number of carbonyl (C=O) groups is 2. The van der Waals surface area contributed by atoms with Crippen molar-refractivity contribution in [2.75, 3.05) is 10.6 Å². The molecule has 2 aromatic carbocycles. The Bertz CT molecular complexity index is 1250. The minimum atomic E-state index is -0.669. The normalized spacial score (nSPS) is 10.6. The highest BCUT2D eigenvalue weighted by atomic mass is 16.5. The number of nitrogens with zero attached hydrogens (tertiary/aromatic N) is 2. The molecule has 2 heterocycles. The van der Waals surface area contributed by atoms with E-state index < -0.39 is 6.03 Å². The summed E-state index contributed by atoms with van der Waals surface area (Å²) in [6.45, 7) is 2.34. The molecule has 0 radical (unpaired) electrons. The fourth-order valence-electron chi connectivity index (χ4n) is 3.15. The van der Waals surface area contributed by atoms with E-state index in [9.17, 15) is 9.59 Å². The standard InChI is InChI=1S/C23H21N5O3/c1-15-4-3-11-28-13-19(25-21(15)28)14-31-20-9-7-16(8-10-20)22(29)26-17-5-2-6-18(12-17)27-23(24)30/h2-13H,14H2,1H3,(H,26,29)(H3,24,27,30). The number of ether oxygens (including phenoxy) is 1.